The average Bonchev–Trinajstić information content (AvgIpc) is 3.30. The van der Waals surface area contributed by atoms with Crippen molar-refractivity contribution in [3.05, 3.63) is 64.7 Å². The van der Waals surface area contributed by atoms with Crippen LogP contribution in [0.2, 0.25) is 0 Å². The molecule has 0 radical (unpaired) electrons. The van der Waals surface area contributed by atoms with Crippen LogP contribution in [-0.2, 0) is 9.59 Å². The lowest BCUT2D eigenvalue weighted by atomic mass is 9.98. The van der Waals surface area contributed by atoms with E-state index in [1.54, 1.807) is 18.2 Å². The van der Waals surface area contributed by atoms with Crippen molar-refractivity contribution in [1.82, 2.24) is 5.43 Å². The summed E-state index contributed by atoms with van der Waals surface area (Å²) in [6.07, 6.45) is 4.17. The molecule has 1 N–H and O–H groups in total. The number of nitrogens with one attached hydrogen (secondary N) is 1. The zero-order valence-corrected chi connectivity index (χ0v) is 15.7. The fourth-order valence-electron chi connectivity index (χ4n) is 3.76. The highest BCUT2D eigenvalue weighted by Gasteiger charge is 2.34. The number of carbonyl (C=O) groups excluding carboxylic acids is 2. The quantitative estimate of drug-likeness (QED) is 0.674. The molecule has 0 aromatic heterocycles. The summed E-state index contributed by atoms with van der Waals surface area (Å²) in [6.45, 7) is 6.34. The molecule has 0 unspecified atom stereocenters. The van der Waals surface area contributed by atoms with Gasteiger partial charge >= 0.3 is 0 Å². The summed E-state index contributed by atoms with van der Waals surface area (Å²) in [6, 6.07) is 13.2. The normalized spacial score (nSPS) is 18.5. The minimum absolute atomic E-state index is 0.162. The molecule has 2 saturated heterocycles. The van der Waals surface area contributed by atoms with E-state index in [2.05, 4.69) is 23.3 Å². The standard InChI is InChI=1S/C22H23N3O2/c1-15-16(2)20(24-12-6-7-13-24)11-10-17(15)14-19-21(26)23-25(22(19)27)18-8-4-3-5-9-18/h3-5,8-11,14H,6-7,12-13H2,1-2H3,(H,23,26). The van der Waals surface area contributed by atoms with Crippen LogP contribution in [0.5, 0.6) is 0 Å². The van der Waals surface area contributed by atoms with Crippen LogP contribution in [0.15, 0.2) is 48.0 Å². The molecule has 0 atom stereocenters. The smallest absolute Gasteiger partial charge is 0.282 e. The second kappa shape index (κ2) is 6.91. The summed E-state index contributed by atoms with van der Waals surface area (Å²) in [7, 11) is 0. The van der Waals surface area contributed by atoms with E-state index in [0.717, 1.165) is 24.2 Å². The molecule has 2 aromatic carbocycles. The number of hydrazine groups is 1. The minimum atomic E-state index is -0.371. The third kappa shape index (κ3) is 3.10. The van der Waals surface area contributed by atoms with Crippen LogP contribution in [0, 0.1) is 13.8 Å². The SMILES string of the molecule is Cc1c(C=C2C(=O)NN(c3ccccc3)C2=O)ccc(N2CCCC2)c1C. The Hall–Kier alpha value is -3.08. The van der Waals surface area contributed by atoms with Gasteiger partial charge in [0.2, 0.25) is 0 Å². The number of amides is 2. The van der Waals surface area contributed by atoms with Gasteiger partial charge in [-0.3, -0.25) is 15.0 Å². The monoisotopic (exact) mass is 361 g/mol. The van der Waals surface area contributed by atoms with Crippen LogP contribution in [0.4, 0.5) is 11.4 Å². The second-order valence-electron chi connectivity index (χ2n) is 7.09. The second-order valence-corrected chi connectivity index (χ2v) is 7.09. The summed E-state index contributed by atoms with van der Waals surface area (Å²) in [4.78, 5) is 27.6. The molecule has 2 aliphatic rings. The number of hydrogen-bond donors (Lipinski definition) is 1. The van der Waals surface area contributed by atoms with Gasteiger partial charge in [0.25, 0.3) is 11.8 Å². The minimum Gasteiger partial charge on any atom is -0.371 e. The number of hydrogen-bond acceptors (Lipinski definition) is 3. The van der Waals surface area contributed by atoms with E-state index in [1.807, 2.05) is 31.2 Å². The summed E-state index contributed by atoms with van der Waals surface area (Å²) >= 11 is 0. The van der Waals surface area contributed by atoms with Crippen molar-refractivity contribution in [3.63, 3.8) is 0 Å². The molecule has 2 amide bonds. The summed E-state index contributed by atoms with van der Waals surface area (Å²) in [5.74, 6) is -0.698. The fourth-order valence-corrected chi connectivity index (χ4v) is 3.76. The Bertz CT molecular complexity index is 928. The van der Waals surface area contributed by atoms with E-state index >= 15 is 0 Å². The van der Waals surface area contributed by atoms with Crippen LogP contribution in [0.25, 0.3) is 6.08 Å². The van der Waals surface area contributed by atoms with Gasteiger partial charge in [-0.15, -0.1) is 0 Å². The Kier molecular flexibility index (Phi) is 4.44. The van der Waals surface area contributed by atoms with Gasteiger partial charge in [-0.25, -0.2) is 5.01 Å². The lowest BCUT2D eigenvalue weighted by molar-refractivity contribution is -0.117. The topological polar surface area (TPSA) is 52.7 Å². The van der Waals surface area contributed by atoms with E-state index in [9.17, 15) is 9.59 Å². The highest BCUT2D eigenvalue weighted by Crippen LogP contribution is 2.30. The van der Waals surface area contributed by atoms with Crippen LogP contribution in [0.3, 0.4) is 0 Å². The van der Waals surface area contributed by atoms with Crippen molar-refractivity contribution < 1.29 is 9.59 Å². The third-order valence-corrected chi connectivity index (χ3v) is 5.45. The van der Waals surface area contributed by atoms with E-state index in [1.165, 1.54) is 29.1 Å². The molecule has 27 heavy (non-hydrogen) atoms. The van der Waals surface area contributed by atoms with E-state index in [0.29, 0.717) is 5.69 Å². The first kappa shape index (κ1) is 17.3. The van der Waals surface area contributed by atoms with Crippen molar-refractivity contribution in [2.24, 2.45) is 0 Å². The highest BCUT2D eigenvalue weighted by atomic mass is 16.2. The van der Waals surface area contributed by atoms with Crippen LogP contribution in [-0.4, -0.2) is 24.9 Å². The Balaban J connectivity index is 1.66. The van der Waals surface area contributed by atoms with Gasteiger partial charge < -0.3 is 4.90 Å². The molecular weight excluding hydrogens is 338 g/mol. The fraction of sp³-hybridized carbons (Fsp3) is 0.273. The molecule has 0 spiro atoms. The maximum absolute atomic E-state index is 12.8. The predicted molar refractivity (Wildman–Crippen MR) is 107 cm³/mol. The molecule has 0 bridgehead atoms. The maximum atomic E-state index is 12.8. The molecule has 0 aliphatic carbocycles. The Morgan fingerprint density at radius 3 is 2.33 bits per heavy atom. The Morgan fingerprint density at radius 2 is 1.63 bits per heavy atom. The molecular formula is C22H23N3O2. The van der Waals surface area contributed by atoms with Gasteiger partial charge in [-0.1, -0.05) is 24.3 Å². The average molecular weight is 361 g/mol. The number of rotatable bonds is 3. The number of para-hydroxylation sites is 1. The van der Waals surface area contributed by atoms with Gasteiger partial charge in [-0.05, 0) is 67.7 Å². The Labute approximate surface area is 159 Å². The lowest BCUT2D eigenvalue weighted by Gasteiger charge is -2.22. The zero-order chi connectivity index (χ0) is 19.0. The van der Waals surface area contributed by atoms with Gasteiger partial charge in [0.05, 0.1) is 5.69 Å². The van der Waals surface area contributed by atoms with Crippen molar-refractivity contribution in [2.45, 2.75) is 26.7 Å². The van der Waals surface area contributed by atoms with Crippen molar-refractivity contribution in [1.29, 1.82) is 0 Å². The van der Waals surface area contributed by atoms with E-state index < -0.39 is 0 Å². The first-order chi connectivity index (χ1) is 13.1. The van der Waals surface area contributed by atoms with Crippen LogP contribution < -0.4 is 15.3 Å². The van der Waals surface area contributed by atoms with Gasteiger partial charge in [0.15, 0.2) is 0 Å². The zero-order valence-electron chi connectivity index (χ0n) is 15.7. The molecule has 138 valence electrons. The molecule has 5 heteroatoms. The van der Waals surface area contributed by atoms with Crippen LogP contribution >= 0.6 is 0 Å². The van der Waals surface area contributed by atoms with Gasteiger partial charge in [-0.2, -0.15) is 0 Å². The third-order valence-electron chi connectivity index (χ3n) is 5.45. The number of anilines is 2. The summed E-state index contributed by atoms with van der Waals surface area (Å²) in [5, 5.41) is 1.30. The molecule has 2 aliphatic heterocycles. The largest absolute Gasteiger partial charge is 0.371 e. The van der Waals surface area contributed by atoms with Crippen molar-refractivity contribution in [3.8, 4) is 0 Å². The molecule has 2 aromatic rings. The molecule has 5 nitrogen and oxygen atoms in total. The van der Waals surface area contributed by atoms with Crippen LogP contribution in [0.1, 0.15) is 29.5 Å². The van der Waals surface area contributed by atoms with Gasteiger partial charge in [0.1, 0.15) is 5.57 Å². The van der Waals surface area contributed by atoms with Gasteiger partial charge in [0, 0.05) is 18.8 Å². The predicted octanol–water partition coefficient (Wildman–Crippen LogP) is 3.37. The molecule has 2 fully saturated rings. The number of benzene rings is 2. The van der Waals surface area contributed by atoms with Crippen molar-refractivity contribution in [2.75, 3.05) is 23.0 Å². The molecule has 2 heterocycles. The lowest BCUT2D eigenvalue weighted by Crippen LogP contribution is -2.35. The van der Waals surface area contributed by atoms with Crippen molar-refractivity contribution >= 4 is 29.3 Å². The highest BCUT2D eigenvalue weighted by molar-refractivity contribution is 6.31. The van der Waals surface area contributed by atoms with E-state index in [4.69, 9.17) is 0 Å². The Morgan fingerprint density at radius 1 is 0.926 bits per heavy atom. The summed E-state index contributed by atoms with van der Waals surface area (Å²) in [5.41, 5.74) is 7.93. The number of carbonyl (C=O) groups is 2. The summed E-state index contributed by atoms with van der Waals surface area (Å²) < 4.78 is 0. The van der Waals surface area contributed by atoms with E-state index in [-0.39, 0.29) is 17.4 Å². The number of nitrogens with zero attached hydrogens (tertiary/aromatic N) is 2. The first-order valence-corrected chi connectivity index (χ1v) is 9.33. The maximum Gasteiger partial charge on any atom is 0.282 e. The molecule has 0 saturated carbocycles. The molecule has 4 rings (SSSR count). The first-order valence-electron chi connectivity index (χ1n) is 9.33.